The fourth-order valence-electron chi connectivity index (χ4n) is 3.04. The number of unbranched alkanes of at least 4 members (excludes halogenated alkanes) is 7. The highest BCUT2D eigenvalue weighted by Gasteiger charge is 2.44. The number of hydrogen-bond acceptors (Lipinski definition) is 2. The first-order valence-electron chi connectivity index (χ1n) is 9.04. The van der Waals surface area contributed by atoms with E-state index in [9.17, 15) is 4.79 Å². The zero-order valence-electron chi connectivity index (χ0n) is 13.9. The quantitative estimate of drug-likeness (QED) is 0.400. The minimum atomic E-state index is 0.0109. The standard InChI is InChI=1S/C20H30O2/c1-2-3-4-5-6-7-8-12-15-22-20(21)19-16-18(19)17-13-10-9-11-14-17/h9-11,13-14,18-19H,2-8,12,15-16H2,1H3. The van der Waals surface area contributed by atoms with Gasteiger partial charge in [0.1, 0.15) is 0 Å². The smallest absolute Gasteiger partial charge is 0.309 e. The summed E-state index contributed by atoms with van der Waals surface area (Å²) in [5.74, 6) is 0.514. The molecular weight excluding hydrogens is 272 g/mol. The Balaban J connectivity index is 1.47. The van der Waals surface area contributed by atoms with Crippen molar-refractivity contribution in [2.24, 2.45) is 5.92 Å². The summed E-state index contributed by atoms with van der Waals surface area (Å²) in [5.41, 5.74) is 1.27. The van der Waals surface area contributed by atoms with E-state index in [0.29, 0.717) is 12.5 Å². The summed E-state index contributed by atoms with van der Waals surface area (Å²) in [6, 6.07) is 10.3. The second-order valence-corrected chi connectivity index (χ2v) is 6.50. The van der Waals surface area contributed by atoms with E-state index >= 15 is 0 Å². The Labute approximate surface area is 135 Å². The molecule has 2 heteroatoms. The minimum absolute atomic E-state index is 0.0109. The number of carbonyl (C=O) groups excluding carboxylic acids is 1. The number of esters is 1. The summed E-state index contributed by atoms with van der Waals surface area (Å²) in [5, 5.41) is 0. The number of hydrogen-bond donors (Lipinski definition) is 0. The van der Waals surface area contributed by atoms with Crippen molar-refractivity contribution in [3.05, 3.63) is 35.9 Å². The molecular formula is C20H30O2. The molecule has 1 saturated carbocycles. The molecule has 2 unspecified atom stereocenters. The molecule has 0 radical (unpaired) electrons. The van der Waals surface area contributed by atoms with Crippen LogP contribution < -0.4 is 0 Å². The third-order valence-corrected chi connectivity index (χ3v) is 4.56. The van der Waals surface area contributed by atoms with Crippen molar-refractivity contribution in [1.82, 2.24) is 0 Å². The van der Waals surface area contributed by atoms with Crippen molar-refractivity contribution < 1.29 is 9.53 Å². The second-order valence-electron chi connectivity index (χ2n) is 6.50. The van der Waals surface area contributed by atoms with Gasteiger partial charge in [-0.25, -0.2) is 0 Å². The van der Waals surface area contributed by atoms with Gasteiger partial charge in [0.05, 0.1) is 12.5 Å². The molecule has 22 heavy (non-hydrogen) atoms. The SMILES string of the molecule is CCCCCCCCCCOC(=O)C1CC1c1ccccc1. The molecule has 2 atom stereocenters. The Morgan fingerprint density at radius 2 is 1.64 bits per heavy atom. The van der Waals surface area contributed by atoms with Gasteiger partial charge in [-0.3, -0.25) is 4.79 Å². The lowest BCUT2D eigenvalue weighted by Gasteiger charge is -2.05. The van der Waals surface area contributed by atoms with Crippen LogP contribution in [-0.4, -0.2) is 12.6 Å². The molecule has 0 heterocycles. The molecule has 0 saturated heterocycles. The fourth-order valence-corrected chi connectivity index (χ4v) is 3.04. The second kappa shape index (κ2) is 9.66. The van der Waals surface area contributed by atoms with Crippen molar-refractivity contribution in [1.29, 1.82) is 0 Å². The zero-order valence-corrected chi connectivity index (χ0v) is 13.9. The maximum Gasteiger partial charge on any atom is 0.309 e. The van der Waals surface area contributed by atoms with Gasteiger partial charge in [0.2, 0.25) is 0 Å². The number of benzene rings is 1. The summed E-state index contributed by atoms with van der Waals surface area (Å²) in [6.07, 6.45) is 11.2. The average Bonchev–Trinajstić information content (AvgIpc) is 3.35. The van der Waals surface area contributed by atoms with Crippen LogP contribution in [-0.2, 0) is 9.53 Å². The van der Waals surface area contributed by atoms with E-state index < -0.39 is 0 Å². The normalized spacial score (nSPS) is 19.9. The highest BCUT2D eigenvalue weighted by Crippen LogP contribution is 2.48. The molecule has 0 N–H and O–H groups in total. The molecule has 0 aliphatic heterocycles. The predicted octanol–water partition coefficient (Wildman–Crippen LogP) is 5.47. The topological polar surface area (TPSA) is 26.3 Å². The van der Waals surface area contributed by atoms with Crippen molar-refractivity contribution in [2.75, 3.05) is 6.61 Å². The third-order valence-electron chi connectivity index (χ3n) is 4.56. The van der Waals surface area contributed by atoms with E-state index in [1.54, 1.807) is 0 Å². The lowest BCUT2D eigenvalue weighted by atomic mass is 10.1. The van der Waals surface area contributed by atoms with Crippen LogP contribution in [0.25, 0.3) is 0 Å². The zero-order chi connectivity index (χ0) is 15.6. The summed E-state index contributed by atoms with van der Waals surface area (Å²) in [6.45, 7) is 2.85. The largest absolute Gasteiger partial charge is 0.465 e. The molecule has 0 spiro atoms. The Kier molecular flexibility index (Phi) is 7.48. The highest BCUT2D eigenvalue weighted by molar-refractivity contribution is 5.77. The first-order valence-corrected chi connectivity index (χ1v) is 9.04. The van der Waals surface area contributed by atoms with Gasteiger partial charge in [0, 0.05) is 0 Å². The van der Waals surface area contributed by atoms with Crippen molar-refractivity contribution in [2.45, 2.75) is 70.6 Å². The van der Waals surface area contributed by atoms with E-state index in [-0.39, 0.29) is 11.9 Å². The number of ether oxygens (including phenoxy) is 1. The molecule has 0 bridgehead atoms. The summed E-state index contributed by atoms with van der Waals surface area (Å²) in [4.78, 5) is 12.0. The van der Waals surface area contributed by atoms with Gasteiger partial charge in [-0.2, -0.15) is 0 Å². The maximum absolute atomic E-state index is 12.0. The van der Waals surface area contributed by atoms with Crippen molar-refractivity contribution >= 4 is 5.97 Å². The van der Waals surface area contributed by atoms with Crippen molar-refractivity contribution in [3.63, 3.8) is 0 Å². The molecule has 0 amide bonds. The Morgan fingerprint density at radius 3 is 2.32 bits per heavy atom. The first kappa shape index (κ1) is 17.1. The minimum Gasteiger partial charge on any atom is -0.465 e. The van der Waals surface area contributed by atoms with Crippen LogP contribution in [0.2, 0.25) is 0 Å². The van der Waals surface area contributed by atoms with E-state index in [0.717, 1.165) is 12.8 Å². The van der Waals surface area contributed by atoms with Gasteiger partial charge in [-0.1, -0.05) is 82.2 Å². The third kappa shape index (κ3) is 5.82. The summed E-state index contributed by atoms with van der Waals surface area (Å²) < 4.78 is 5.42. The molecule has 1 aromatic carbocycles. The first-order chi connectivity index (χ1) is 10.8. The summed E-state index contributed by atoms with van der Waals surface area (Å²) in [7, 11) is 0. The number of carbonyl (C=O) groups is 1. The van der Waals surface area contributed by atoms with Crippen LogP contribution in [0.4, 0.5) is 0 Å². The molecule has 1 aromatic rings. The van der Waals surface area contributed by atoms with Gasteiger partial charge >= 0.3 is 5.97 Å². The molecule has 1 aliphatic rings. The lowest BCUT2D eigenvalue weighted by Crippen LogP contribution is -2.09. The van der Waals surface area contributed by atoms with Crippen LogP contribution in [0.1, 0.15) is 76.2 Å². The van der Waals surface area contributed by atoms with Crippen LogP contribution in [0.5, 0.6) is 0 Å². The van der Waals surface area contributed by atoms with Gasteiger partial charge in [-0.05, 0) is 24.3 Å². The van der Waals surface area contributed by atoms with Gasteiger partial charge < -0.3 is 4.74 Å². The molecule has 2 nitrogen and oxygen atoms in total. The van der Waals surface area contributed by atoms with E-state index in [4.69, 9.17) is 4.74 Å². The molecule has 1 fully saturated rings. The molecule has 0 aromatic heterocycles. The fraction of sp³-hybridized carbons (Fsp3) is 0.650. The van der Waals surface area contributed by atoms with Crippen LogP contribution in [0, 0.1) is 5.92 Å². The lowest BCUT2D eigenvalue weighted by molar-refractivity contribution is -0.145. The Bertz CT molecular complexity index is 427. The van der Waals surface area contributed by atoms with E-state index in [2.05, 4.69) is 19.1 Å². The van der Waals surface area contributed by atoms with Crippen molar-refractivity contribution in [3.8, 4) is 0 Å². The van der Waals surface area contributed by atoms with Crippen LogP contribution in [0.15, 0.2) is 30.3 Å². The summed E-state index contributed by atoms with van der Waals surface area (Å²) >= 11 is 0. The Morgan fingerprint density at radius 1 is 1.00 bits per heavy atom. The maximum atomic E-state index is 12.0. The van der Waals surface area contributed by atoms with E-state index in [1.165, 1.54) is 50.5 Å². The van der Waals surface area contributed by atoms with Gasteiger partial charge in [0.25, 0.3) is 0 Å². The van der Waals surface area contributed by atoms with Crippen LogP contribution in [0.3, 0.4) is 0 Å². The number of rotatable bonds is 11. The molecule has 1 aliphatic carbocycles. The monoisotopic (exact) mass is 302 g/mol. The molecule has 2 rings (SSSR count). The van der Waals surface area contributed by atoms with Crippen LogP contribution >= 0.6 is 0 Å². The van der Waals surface area contributed by atoms with E-state index in [1.807, 2.05) is 18.2 Å². The average molecular weight is 302 g/mol. The van der Waals surface area contributed by atoms with Gasteiger partial charge in [-0.15, -0.1) is 0 Å². The molecule has 122 valence electrons. The highest BCUT2D eigenvalue weighted by atomic mass is 16.5. The Hall–Kier alpha value is -1.31. The predicted molar refractivity (Wildman–Crippen MR) is 90.9 cm³/mol. The van der Waals surface area contributed by atoms with Gasteiger partial charge in [0.15, 0.2) is 0 Å².